The van der Waals surface area contributed by atoms with Gasteiger partial charge < -0.3 is 24.1 Å². The summed E-state index contributed by atoms with van der Waals surface area (Å²) < 4.78 is 42.9. The van der Waals surface area contributed by atoms with Crippen molar-refractivity contribution in [3.05, 3.63) is 24.2 Å². The van der Waals surface area contributed by atoms with Crippen LogP contribution in [-0.4, -0.2) is 103 Å². The van der Waals surface area contributed by atoms with Crippen LogP contribution in [0.1, 0.15) is 16.8 Å². The Morgan fingerprint density at radius 1 is 1.19 bits per heavy atom. The SMILES string of the molecule is CN1CCN(C[C@H]2OC[C@@H]3CCN(C(=O)c4ccoc4)C[C@@H]32)CC1.O=C(O)C(F)(F)F. The molecule has 0 bridgehead atoms. The van der Waals surface area contributed by atoms with Crippen LogP contribution in [0.3, 0.4) is 0 Å². The summed E-state index contributed by atoms with van der Waals surface area (Å²) in [6, 6.07) is 1.75. The first kappa shape index (κ1) is 23.6. The Labute approximate surface area is 178 Å². The van der Waals surface area contributed by atoms with E-state index in [-0.39, 0.29) is 12.0 Å². The average Bonchev–Trinajstić information content (AvgIpc) is 3.39. The number of likely N-dealkylation sites (N-methyl/N-ethyl adjacent to an activating group) is 1. The van der Waals surface area contributed by atoms with Gasteiger partial charge in [0.25, 0.3) is 5.91 Å². The summed E-state index contributed by atoms with van der Waals surface area (Å²) in [6.07, 6.45) is -0.665. The largest absolute Gasteiger partial charge is 0.490 e. The van der Waals surface area contributed by atoms with Gasteiger partial charge in [-0.05, 0) is 25.5 Å². The number of hydrogen-bond acceptors (Lipinski definition) is 6. The van der Waals surface area contributed by atoms with Crippen molar-refractivity contribution in [3.63, 3.8) is 0 Å². The maximum atomic E-state index is 12.6. The van der Waals surface area contributed by atoms with E-state index in [0.29, 0.717) is 17.4 Å². The van der Waals surface area contributed by atoms with E-state index in [2.05, 4.69) is 16.8 Å². The summed E-state index contributed by atoms with van der Waals surface area (Å²) >= 11 is 0. The number of rotatable bonds is 3. The number of alkyl halides is 3. The van der Waals surface area contributed by atoms with Gasteiger partial charge in [-0.3, -0.25) is 9.69 Å². The molecule has 0 aliphatic carbocycles. The Balaban J connectivity index is 0.000000339. The van der Waals surface area contributed by atoms with Crippen molar-refractivity contribution in [2.45, 2.75) is 18.7 Å². The number of fused-ring (bicyclic) bond motifs is 1. The Hall–Kier alpha value is -2.11. The highest BCUT2D eigenvalue weighted by Crippen LogP contribution is 2.35. The number of halogens is 3. The van der Waals surface area contributed by atoms with Crippen molar-refractivity contribution in [2.75, 3.05) is 59.5 Å². The maximum Gasteiger partial charge on any atom is 0.490 e. The van der Waals surface area contributed by atoms with Gasteiger partial charge in [-0.2, -0.15) is 13.2 Å². The van der Waals surface area contributed by atoms with Crippen LogP contribution in [0.4, 0.5) is 13.2 Å². The van der Waals surface area contributed by atoms with E-state index in [4.69, 9.17) is 19.1 Å². The van der Waals surface area contributed by atoms with Crippen LogP contribution in [0.5, 0.6) is 0 Å². The fraction of sp³-hybridized carbons (Fsp3) is 0.700. The third-order valence-electron chi connectivity index (χ3n) is 6.14. The fourth-order valence-corrected chi connectivity index (χ4v) is 4.26. The molecule has 174 valence electrons. The third kappa shape index (κ3) is 6.20. The lowest BCUT2D eigenvalue weighted by Gasteiger charge is -2.38. The maximum absolute atomic E-state index is 12.6. The number of piperidine rings is 1. The molecule has 3 saturated heterocycles. The van der Waals surface area contributed by atoms with Gasteiger partial charge in [-0.1, -0.05) is 0 Å². The van der Waals surface area contributed by atoms with Crippen LogP contribution in [0.15, 0.2) is 23.0 Å². The van der Waals surface area contributed by atoms with Crippen molar-refractivity contribution >= 4 is 11.9 Å². The van der Waals surface area contributed by atoms with Gasteiger partial charge >= 0.3 is 12.1 Å². The molecule has 1 aromatic heterocycles. The molecule has 4 rings (SSSR count). The smallest absolute Gasteiger partial charge is 0.475 e. The van der Waals surface area contributed by atoms with E-state index >= 15 is 0 Å². The van der Waals surface area contributed by atoms with Crippen LogP contribution in [0.25, 0.3) is 0 Å². The molecule has 1 amide bonds. The van der Waals surface area contributed by atoms with Crippen LogP contribution < -0.4 is 0 Å². The first-order valence-electron chi connectivity index (χ1n) is 10.3. The van der Waals surface area contributed by atoms with Gasteiger partial charge in [0, 0.05) is 51.7 Å². The molecule has 11 heteroatoms. The minimum absolute atomic E-state index is 0.0902. The molecule has 0 spiro atoms. The number of ether oxygens (including phenoxy) is 1. The first-order valence-corrected chi connectivity index (χ1v) is 10.3. The normalized spacial score (nSPS) is 27.4. The summed E-state index contributed by atoms with van der Waals surface area (Å²) in [5.41, 5.74) is 0.656. The van der Waals surface area contributed by atoms with E-state index in [9.17, 15) is 18.0 Å². The lowest BCUT2D eigenvalue weighted by molar-refractivity contribution is -0.192. The van der Waals surface area contributed by atoms with Crippen LogP contribution >= 0.6 is 0 Å². The number of amides is 1. The zero-order valence-electron chi connectivity index (χ0n) is 17.4. The molecule has 0 unspecified atom stereocenters. The lowest BCUT2D eigenvalue weighted by Crippen LogP contribution is -2.50. The number of carbonyl (C=O) groups excluding carboxylic acids is 1. The standard InChI is InChI=1S/C18H27N3O3.C2HF3O2/c1-19-5-7-20(8-6-19)11-17-16-10-21(4-2-14(16)13-24-17)18(22)15-3-9-23-12-15;3-2(4,5)1(6)7/h3,9,12,14,16-17H,2,4-8,10-11,13H2,1H3;(H,6,7)/t14-,16-,17+;/m0./s1. The second-order valence-corrected chi connectivity index (χ2v) is 8.25. The minimum Gasteiger partial charge on any atom is -0.475 e. The molecule has 3 aliphatic heterocycles. The molecule has 1 N–H and O–H groups in total. The summed E-state index contributed by atoms with van der Waals surface area (Å²) in [5, 5.41) is 7.12. The molecule has 31 heavy (non-hydrogen) atoms. The number of nitrogens with zero attached hydrogens (tertiary/aromatic N) is 3. The number of likely N-dealkylation sites (tertiary alicyclic amines) is 1. The summed E-state index contributed by atoms with van der Waals surface area (Å²) in [7, 11) is 2.18. The van der Waals surface area contributed by atoms with Crippen LogP contribution in [0, 0.1) is 11.8 Å². The Bertz CT molecular complexity index is 735. The molecule has 1 aromatic rings. The predicted octanol–water partition coefficient (Wildman–Crippen LogP) is 1.64. The number of piperazine rings is 1. The molecule has 0 aromatic carbocycles. The number of carboxylic acid groups (broad SMARTS) is 1. The summed E-state index contributed by atoms with van der Waals surface area (Å²) in [5.74, 6) is -1.59. The molecule has 3 fully saturated rings. The Morgan fingerprint density at radius 2 is 1.87 bits per heavy atom. The van der Waals surface area contributed by atoms with Crippen molar-refractivity contribution in [1.82, 2.24) is 14.7 Å². The topological polar surface area (TPSA) is 86.5 Å². The van der Waals surface area contributed by atoms with E-state index in [1.807, 2.05) is 4.90 Å². The molecule has 0 radical (unpaired) electrons. The van der Waals surface area contributed by atoms with Crippen LogP contribution in [0.2, 0.25) is 0 Å². The highest BCUT2D eigenvalue weighted by molar-refractivity contribution is 5.93. The van der Waals surface area contributed by atoms with E-state index in [0.717, 1.165) is 58.8 Å². The zero-order valence-corrected chi connectivity index (χ0v) is 17.4. The highest BCUT2D eigenvalue weighted by Gasteiger charge is 2.43. The Morgan fingerprint density at radius 3 is 2.45 bits per heavy atom. The van der Waals surface area contributed by atoms with Gasteiger partial charge in [0.15, 0.2) is 0 Å². The van der Waals surface area contributed by atoms with Crippen molar-refractivity contribution in [2.24, 2.45) is 11.8 Å². The fourth-order valence-electron chi connectivity index (χ4n) is 4.26. The Kier molecular flexibility index (Phi) is 7.60. The summed E-state index contributed by atoms with van der Waals surface area (Å²) in [6.45, 7) is 8.00. The average molecular weight is 447 g/mol. The second kappa shape index (κ2) is 10.0. The summed E-state index contributed by atoms with van der Waals surface area (Å²) in [4.78, 5) is 28.4. The molecule has 0 saturated carbocycles. The van der Waals surface area contributed by atoms with E-state index < -0.39 is 12.1 Å². The number of aliphatic carboxylic acids is 1. The zero-order chi connectivity index (χ0) is 22.6. The van der Waals surface area contributed by atoms with Crippen molar-refractivity contribution in [3.8, 4) is 0 Å². The monoisotopic (exact) mass is 447 g/mol. The number of hydrogen-bond donors (Lipinski definition) is 1. The predicted molar refractivity (Wildman–Crippen MR) is 104 cm³/mol. The number of carboxylic acids is 1. The minimum atomic E-state index is -5.08. The van der Waals surface area contributed by atoms with Crippen LogP contribution in [-0.2, 0) is 9.53 Å². The molecule has 8 nitrogen and oxygen atoms in total. The number of furan rings is 1. The van der Waals surface area contributed by atoms with Crippen molar-refractivity contribution < 1.29 is 37.0 Å². The third-order valence-corrected chi connectivity index (χ3v) is 6.14. The number of carbonyl (C=O) groups is 2. The molecule has 3 atom stereocenters. The van der Waals surface area contributed by atoms with Gasteiger partial charge in [-0.25, -0.2) is 4.79 Å². The highest BCUT2D eigenvalue weighted by atomic mass is 19.4. The molecular weight excluding hydrogens is 419 g/mol. The van der Waals surface area contributed by atoms with Crippen molar-refractivity contribution in [1.29, 1.82) is 0 Å². The molecular formula is C20H28F3N3O5. The van der Waals surface area contributed by atoms with Gasteiger partial charge in [0.1, 0.15) is 6.26 Å². The quantitative estimate of drug-likeness (QED) is 0.754. The van der Waals surface area contributed by atoms with E-state index in [1.54, 1.807) is 18.6 Å². The van der Waals surface area contributed by atoms with E-state index in [1.165, 1.54) is 0 Å². The lowest BCUT2D eigenvalue weighted by atomic mass is 9.84. The molecule has 4 heterocycles. The second-order valence-electron chi connectivity index (χ2n) is 8.25. The van der Waals surface area contributed by atoms with Gasteiger partial charge in [0.2, 0.25) is 0 Å². The van der Waals surface area contributed by atoms with Gasteiger partial charge in [-0.15, -0.1) is 0 Å². The molecule has 3 aliphatic rings. The van der Waals surface area contributed by atoms with Gasteiger partial charge in [0.05, 0.1) is 24.5 Å². The first-order chi connectivity index (χ1) is 14.6.